The first kappa shape index (κ1) is 21.9. The minimum atomic E-state index is -0.108. The molecule has 4 rings (SSSR count). The van der Waals surface area contributed by atoms with Crippen LogP contribution in [0, 0.1) is 12.8 Å². The van der Waals surface area contributed by atoms with Crippen molar-refractivity contribution in [2.24, 2.45) is 13.0 Å². The van der Waals surface area contributed by atoms with Gasteiger partial charge in [0, 0.05) is 44.4 Å². The summed E-state index contributed by atoms with van der Waals surface area (Å²) in [4.78, 5) is 12.9. The highest BCUT2D eigenvalue weighted by Gasteiger charge is 2.34. The molecule has 0 saturated carbocycles. The molecule has 7 heteroatoms. The average molecular weight is 427 g/mol. The summed E-state index contributed by atoms with van der Waals surface area (Å²) in [7, 11) is 1.90. The molecule has 0 unspecified atom stereocenters. The number of ether oxygens (including phenoxy) is 1. The molecule has 2 N–H and O–H groups in total. The van der Waals surface area contributed by atoms with E-state index >= 15 is 0 Å². The lowest BCUT2D eigenvalue weighted by atomic mass is 9.90. The van der Waals surface area contributed by atoms with Crippen LogP contribution >= 0.6 is 12.4 Å². The van der Waals surface area contributed by atoms with Gasteiger partial charge in [0.15, 0.2) is 0 Å². The molecule has 0 radical (unpaired) electrons. The molecule has 2 heterocycles. The summed E-state index contributed by atoms with van der Waals surface area (Å²) in [5, 5.41) is 10.7. The van der Waals surface area contributed by atoms with Gasteiger partial charge in [-0.15, -0.1) is 12.4 Å². The summed E-state index contributed by atoms with van der Waals surface area (Å²) in [6, 6.07) is 15.7. The van der Waals surface area contributed by atoms with Gasteiger partial charge in [0.25, 0.3) is 0 Å². The van der Waals surface area contributed by atoms with E-state index in [1.54, 1.807) is 4.68 Å². The first-order chi connectivity index (χ1) is 14.1. The molecule has 0 spiro atoms. The van der Waals surface area contributed by atoms with Crippen LogP contribution in [0.25, 0.3) is 0 Å². The number of para-hydroxylation sites is 2. The highest BCUT2D eigenvalue weighted by Crippen LogP contribution is 2.29. The molecule has 1 aliphatic rings. The fraction of sp³-hybridized carbons (Fsp3) is 0.304. The molecule has 0 bridgehead atoms. The summed E-state index contributed by atoms with van der Waals surface area (Å²) in [6.07, 6.45) is 3.84. The van der Waals surface area contributed by atoms with Crippen molar-refractivity contribution in [1.29, 1.82) is 0 Å². The number of amides is 1. The van der Waals surface area contributed by atoms with Crippen molar-refractivity contribution in [3.63, 3.8) is 0 Å². The summed E-state index contributed by atoms with van der Waals surface area (Å²) in [5.41, 5.74) is 3.12. The van der Waals surface area contributed by atoms with Crippen molar-refractivity contribution in [3.05, 3.63) is 77.6 Å². The Balaban J connectivity index is 0.00000256. The highest BCUT2D eigenvalue weighted by atomic mass is 35.5. The average Bonchev–Trinajstić information content (AvgIpc) is 3.37. The lowest BCUT2D eigenvalue weighted by Gasteiger charge is -2.18. The van der Waals surface area contributed by atoms with Crippen molar-refractivity contribution >= 4 is 18.3 Å². The van der Waals surface area contributed by atoms with E-state index in [0.29, 0.717) is 13.1 Å². The molecule has 1 aliphatic heterocycles. The molecule has 1 aromatic heterocycles. The van der Waals surface area contributed by atoms with E-state index in [0.717, 1.165) is 34.7 Å². The molecule has 3 aromatic rings. The highest BCUT2D eigenvalue weighted by molar-refractivity contribution is 5.85. The zero-order valence-electron chi connectivity index (χ0n) is 17.2. The Kier molecular flexibility index (Phi) is 7.13. The number of aromatic nitrogens is 2. The Labute approximate surface area is 183 Å². The maximum absolute atomic E-state index is 12.9. The van der Waals surface area contributed by atoms with Crippen molar-refractivity contribution in [2.75, 3.05) is 13.1 Å². The first-order valence-corrected chi connectivity index (χ1v) is 9.90. The third-order valence-corrected chi connectivity index (χ3v) is 5.44. The second-order valence-corrected chi connectivity index (χ2v) is 7.51. The van der Waals surface area contributed by atoms with E-state index in [1.807, 2.05) is 74.9 Å². The SMILES string of the molecule is Cc1ccccc1Oc1ccccc1CNC(=O)[C@H]1CNC[C@@H]1c1cnn(C)c1.Cl. The lowest BCUT2D eigenvalue weighted by Crippen LogP contribution is -2.34. The maximum atomic E-state index is 12.9. The van der Waals surface area contributed by atoms with Gasteiger partial charge in [-0.2, -0.15) is 5.10 Å². The van der Waals surface area contributed by atoms with Crippen molar-refractivity contribution in [3.8, 4) is 11.5 Å². The van der Waals surface area contributed by atoms with Gasteiger partial charge < -0.3 is 15.4 Å². The normalized spacial score (nSPS) is 17.9. The minimum Gasteiger partial charge on any atom is -0.457 e. The van der Waals surface area contributed by atoms with Crippen LogP contribution in [0.3, 0.4) is 0 Å². The van der Waals surface area contributed by atoms with Crippen LogP contribution in [0.4, 0.5) is 0 Å². The molecule has 158 valence electrons. The topological polar surface area (TPSA) is 68.2 Å². The fourth-order valence-corrected chi connectivity index (χ4v) is 3.79. The van der Waals surface area contributed by atoms with E-state index in [9.17, 15) is 4.79 Å². The quantitative estimate of drug-likeness (QED) is 0.632. The smallest absolute Gasteiger partial charge is 0.225 e. The molecule has 30 heavy (non-hydrogen) atoms. The summed E-state index contributed by atoms with van der Waals surface area (Å²) in [5.74, 6) is 1.67. The van der Waals surface area contributed by atoms with Gasteiger partial charge >= 0.3 is 0 Å². The number of carbonyl (C=O) groups is 1. The molecule has 6 nitrogen and oxygen atoms in total. The van der Waals surface area contributed by atoms with E-state index < -0.39 is 0 Å². The van der Waals surface area contributed by atoms with Gasteiger partial charge in [0.2, 0.25) is 5.91 Å². The molecule has 2 atom stereocenters. The fourth-order valence-electron chi connectivity index (χ4n) is 3.79. The van der Waals surface area contributed by atoms with Gasteiger partial charge in [0.05, 0.1) is 12.1 Å². The van der Waals surface area contributed by atoms with Crippen LogP contribution in [-0.2, 0) is 18.4 Å². The van der Waals surface area contributed by atoms with Gasteiger partial charge in [-0.25, -0.2) is 0 Å². The van der Waals surface area contributed by atoms with Crippen LogP contribution in [0.5, 0.6) is 11.5 Å². The van der Waals surface area contributed by atoms with Crippen LogP contribution < -0.4 is 15.4 Å². The van der Waals surface area contributed by atoms with E-state index in [-0.39, 0.29) is 30.2 Å². The van der Waals surface area contributed by atoms with Crippen LogP contribution in [0.1, 0.15) is 22.6 Å². The van der Waals surface area contributed by atoms with Crippen LogP contribution in [0.2, 0.25) is 0 Å². The molecule has 2 aromatic carbocycles. The summed E-state index contributed by atoms with van der Waals surface area (Å²) < 4.78 is 7.90. The molecular formula is C23H27ClN4O2. The van der Waals surface area contributed by atoms with Crippen LogP contribution in [-0.4, -0.2) is 28.8 Å². The monoisotopic (exact) mass is 426 g/mol. The number of nitrogens with one attached hydrogen (secondary N) is 2. The minimum absolute atomic E-state index is 0. The zero-order chi connectivity index (χ0) is 20.2. The second-order valence-electron chi connectivity index (χ2n) is 7.51. The van der Waals surface area contributed by atoms with E-state index in [1.165, 1.54) is 0 Å². The molecular weight excluding hydrogens is 400 g/mol. The third-order valence-electron chi connectivity index (χ3n) is 5.44. The Morgan fingerprint density at radius 1 is 1.17 bits per heavy atom. The number of nitrogens with zero attached hydrogens (tertiary/aromatic N) is 2. The Morgan fingerprint density at radius 2 is 1.90 bits per heavy atom. The standard InChI is InChI=1S/C23H26N4O2.ClH/c1-16-7-3-5-9-21(16)29-22-10-6-4-8-17(22)11-25-23(28)20-14-24-13-19(20)18-12-26-27(2)15-18;/h3-10,12,15,19-20,24H,11,13-14H2,1-2H3,(H,25,28);1H/t19-,20+;/m1./s1. The summed E-state index contributed by atoms with van der Waals surface area (Å²) in [6.45, 7) is 3.91. The van der Waals surface area contributed by atoms with Crippen molar-refractivity contribution < 1.29 is 9.53 Å². The predicted molar refractivity (Wildman–Crippen MR) is 119 cm³/mol. The molecule has 0 aliphatic carbocycles. The lowest BCUT2D eigenvalue weighted by molar-refractivity contribution is -0.125. The Bertz CT molecular complexity index is 1000. The van der Waals surface area contributed by atoms with Crippen molar-refractivity contribution in [2.45, 2.75) is 19.4 Å². The maximum Gasteiger partial charge on any atom is 0.225 e. The Hall–Kier alpha value is -2.83. The summed E-state index contributed by atoms with van der Waals surface area (Å²) >= 11 is 0. The van der Waals surface area contributed by atoms with Crippen molar-refractivity contribution in [1.82, 2.24) is 20.4 Å². The van der Waals surface area contributed by atoms with E-state index in [4.69, 9.17) is 4.74 Å². The van der Waals surface area contributed by atoms with Gasteiger partial charge in [-0.05, 0) is 30.2 Å². The van der Waals surface area contributed by atoms with Gasteiger partial charge in [0.1, 0.15) is 11.5 Å². The third kappa shape index (κ3) is 4.83. The number of hydrogen-bond acceptors (Lipinski definition) is 4. The largest absolute Gasteiger partial charge is 0.457 e. The number of rotatable bonds is 6. The van der Waals surface area contributed by atoms with Crippen LogP contribution in [0.15, 0.2) is 60.9 Å². The Morgan fingerprint density at radius 3 is 2.63 bits per heavy atom. The number of hydrogen-bond donors (Lipinski definition) is 2. The molecule has 1 fully saturated rings. The molecule has 1 amide bonds. The van der Waals surface area contributed by atoms with Gasteiger partial charge in [-0.1, -0.05) is 36.4 Å². The number of carbonyl (C=O) groups excluding carboxylic acids is 1. The predicted octanol–water partition coefficient (Wildman–Crippen LogP) is 3.56. The first-order valence-electron chi connectivity index (χ1n) is 9.90. The second kappa shape index (κ2) is 9.78. The number of halogens is 1. The van der Waals surface area contributed by atoms with Gasteiger partial charge in [-0.3, -0.25) is 9.48 Å². The van der Waals surface area contributed by atoms with E-state index in [2.05, 4.69) is 15.7 Å². The molecule has 1 saturated heterocycles. The zero-order valence-corrected chi connectivity index (χ0v) is 18.0. The number of benzene rings is 2. The number of aryl methyl sites for hydroxylation is 2.